The number of carboxylic acids is 1. The van der Waals surface area contributed by atoms with Crippen molar-refractivity contribution in [2.24, 2.45) is 5.41 Å². The second kappa shape index (κ2) is 6.04. The molecular weight excluding hydrogens is 236 g/mol. The standard InChI is InChI=1S/C12H22N2O4/c1-12(2)6-3-4-9(12)14-11(18)13-7-5-8(15)10(16)17/h8-9,15H,3-7H2,1-2H3,(H,16,17)(H2,13,14,18)/t8-,9?/m0/s1. The van der Waals surface area contributed by atoms with E-state index in [0.29, 0.717) is 0 Å². The molecule has 1 aliphatic rings. The van der Waals surface area contributed by atoms with E-state index in [9.17, 15) is 9.59 Å². The van der Waals surface area contributed by atoms with Crippen molar-refractivity contribution in [2.75, 3.05) is 6.54 Å². The van der Waals surface area contributed by atoms with Crippen LogP contribution >= 0.6 is 0 Å². The Bertz CT molecular complexity index is 317. The highest BCUT2D eigenvalue weighted by Crippen LogP contribution is 2.36. The van der Waals surface area contributed by atoms with Gasteiger partial charge in [0, 0.05) is 19.0 Å². The molecular formula is C12H22N2O4. The molecule has 1 aliphatic carbocycles. The van der Waals surface area contributed by atoms with Crippen molar-refractivity contribution in [3.63, 3.8) is 0 Å². The molecule has 18 heavy (non-hydrogen) atoms. The van der Waals surface area contributed by atoms with Crippen LogP contribution in [0.3, 0.4) is 0 Å². The summed E-state index contributed by atoms with van der Waals surface area (Å²) in [6.45, 7) is 4.39. The summed E-state index contributed by atoms with van der Waals surface area (Å²) >= 11 is 0. The zero-order chi connectivity index (χ0) is 13.8. The molecule has 0 saturated heterocycles. The van der Waals surface area contributed by atoms with E-state index >= 15 is 0 Å². The number of carboxylic acid groups (broad SMARTS) is 1. The van der Waals surface area contributed by atoms with Crippen molar-refractivity contribution in [1.82, 2.24) is 10.6 Å². The molecule has 0 spiro atoms. The normalized spacial score (nSPS) is 23.4. The van der Waals surface area contributed by atoms with Gasteiger partial charge in [-0.2, -0.15) is 0 Å². The van der Waals surface area contributed by atoms with Crippen LogP contribution < -0.4 is 10.6 Å². The third-order valence-electron chi connectivity index (χ3n) is 3.55. The van der Waals surface area contributed by atoms with Crippen molar-refractivity contribution in [2.45, 2.75) is 51.7 Å². The molecule has 1 fully saturated rings. The van der Waals surface area contributed by atoms with Crippen molar-refractivity contribution in [1.29, 1.82) is 0 Å². The summed E-state index contributed by atoms with van der Waals surface area (Å²) in [4.78, 5) is 21.9. The minimum Gasteiger partial charge on any atom is -0.479 e. The van der Waals surface area contributed by atoms with Crippen molar-refractivity contribution in [3.8, 4) is 0 Å². The van der Waals surface area contributed by atoms with Gasteiger partial charge in [0.15, 0.2) is 6.10 Å². The maximum atomic E-state index is 11.6. The van der Waals surface area contributed by atoms with Gasteiger partial charge >= 0.3 is 12.0 Å². The summed E-state index contributed by atoms with van der Waals surface area (Å²) in [5.74, 6) is -1.27. The Kier molecular flexibility index (Phi) is 4.95. The second-order valence-electron chi connectivity index (χ2n) is 5.48. The van der Waals surface area contributed by atoms with E-state index in [1.54, 1.807) is 0 Å². The number of aliphatic hydroxyl groups excluding tert-OH is 1. The number of urea groups is 1. The summed E-state index contributed by atoms with van der Waals surface area (Å²) in [7, 11) is 0. The minimum atomic E-state index is -1.42. The predicted molar refractivity (Wildman–Crippen MR) is 66.2 cm³/mol. The molecule has 6 heteroatoms. The molecule has 1 unspecified atom stereocenters. The topological polar surface area (TPSA) is 98.7 Å². The van der Waals surface area contributed by atoms with Crippen LogP contribution in [0, 0.1) is 5.41 Å². The Morgan fingerprint density at radius 1 is 1.44 bits per heavy atom. The molecule has 2 amide bonds. The first-order valence-electron chi connectivity index (χ1n) is 6.28. The van der Waals surface area contributed by atoms with Gasteiger partial charge in [-0.3, -0.25) is 0 Å². The molecule has 104 valence electrons. The van der Waals surface area contributed by atoms with Crippen molar-refractivity contribution < 1.29 is 19.8 Å². The Hall–Kier alpha value is -1.30. The fourth-order valence-corrected chi connectivity index (χ4v) is 2.25. The lowest BCUT2D eigenvalue weighted by Crippen LogP contribution is -2.47. The van der Waals surface area contributed by atoms with Gasteiger partial charge in [-0.25, -0.2) is 9.59 Å². The number of aliphatic carboxylic acids is 1. The fourth-order valence-electron chi connectivity index (χ4n) is 2.25. The van der Waals surface area contributed by atoms with Crippen molar-refractivity contribution in [3.05, 3.63) is 0 Å². The fraction of sp³-hybridized carbons (Fsp3) is 0.833. The van der Waals surface area contributed by atoms with Crippen molar-refractivity contribution >= 4 is 12.0 Å². The van der Waals surface area contributed by atoms with Crippen LogP contribution in [0.25, 0.3) is 0 Å². The summed E-state index contributed by atoms with van der Waals surface area (Å²) in [6.07, 6.45) is 1.76. The summed E-state index contributed by atoms with van der Waals surface area (Å²) in [6, 6.07) is -0.144. The largest absolute Gasteiger partial charge is 0.479 e. The van der Waals surface area contributed by atoms with E-state index in [4.69, 9.17) is 10.2 Å². The molecule has 0 aromatic rings. The van der Waals surface area contributed by atoms with E-state index in [2.05, 4.69) is 24.5 Å². The van der Waals surface area contributed by atoms with Crippen LogP contribution in [0.2, 0.25) is 0 Å². The molecule has 0 heterocycles. The number of nitrogens with one attached hydrogen (secondary N) is 2. The lowest BCUT2D eigenvalue weighted by Gasteiger charge is -2.27. The van der Waals surface area contributed by atoms with Gasteiger partial charge in [-0.15, -0.1) is 0 Å². The molecule has 0 aromatic carbocycles. The first-order chi connectivity index (χ1) is 8.33. The number of aliphatic hydroxyl groups is 1. The third-order valence-corrected chi connectivity index (χ3v) is 3.55. The highest BCUT2D eigenvalue weighted by atomic mass is 16.4. The molecule has 2 atom stereocenters. The average Bonchev–Trinajstić information content (AvgIpc) is 2.58. The third kappa shape index (κ3) is 4.18. The number of hydrogen-bond acceptors (Lipinski definition) is 3. The summed E-state index contributed by atoms with van der Waals surface area (Å²) in [5.41, 5.74) is 0.109. The van der Waals surface area contributed by atoms with Gasteiger partial charge in [0.05, 0.1) is 0 Å². The zero-order valence-electron chi connectivity index (χ0n) is 10.9. The lowest BCUT2D eigenvalue weighted by atomic mass is 9.87. The van der Waals surface area contributed by atoms with E-state index in [0.717, 1.165) is 19.3 Å². The Morgan fingerprint density at radius 2 is 2.11 bits per heavy atom. The molecule has 4 N–H and O–H groups in total. The average molecular weight is 258 g/mol. The van der Waals surface area contributed by atoms with Gasteiger partial charge in [0.1, 0.15) is 0 Å². The molecule has 0 aliphatic heterocycles. The van der Waals surface area contributed by atoms with Gasteiger partial charge < -0.3 is 20.8 Å². The maximum absolute atomic E-state index is 11.6. The van der Waals surface area contributed by atoms with E-state index in [1.807, 2.05) is 0 Å². The second-order valence-corrected chi connectivity index (χ2v) is 5.48. The SMILES string of the molecule is CC1(C)CCCC1NC(=O)NCC[C@H](O)C(=O)O. The zero-order valence-corrected chi connectivity index (χ0v) is 10.9. The summed E-state index contributed by atoms with van der Waals surface area (Å²) in [5, 5.41) is 23.0. The van der Waals surface area contributed by atoms with Gasteiger partial charge in [-0.1, -0.05) is 20.3 Å². The number of hydrogen-bond donors (Lipinski definition) is 4. The molecule has 0 bridgehead atoms. The Labute approximate surface area is 107 Å². The van der Waals surface area contributed by atoms with Crippen LogP contribution in [0.4, 0.5) is 4.79 Å². The van der Waals surface area contributed by atoms with E-state index < -0.39 is 12.1 Å². The smallest absolute Gasteiger partial charge is 0.332 e. The number of amides is 2. The van der Waals surface area contributed by atoms with E-state index in [-0.39, 0.29) is 30.5 Å². The number of carbonyl (C=O) groups excluding carboxylic acids is 1. The van der Waals surface area contributed by atoms with Crippen LogP contribution in [-0.4, -0.2) is 40.9 Å². The first kappa shape index (κ1) is 14.8. The highest BCUT2D eigenvalue weighted by Gasteiger charge is 2.35. The molecule has 0 radical (unpaired) electrons. The molecule has 1 saturated carbocycles. The quantitative estimate of drug-likeness (QED) is 0.583. The maximum Gasteiger partial charge on any atom is 0.332 e. The lowest BCUT2D eigenvalue weighted by molar-refractivity contribution is -0.146. The molecule has 0 aromatic heterocycles. The van der Waals surface area contributed by atoms with Gasteiger partial charge in [0.2, 0.25) is 0 Å². The number of rotatable bonds is 5. The first-order valence-corrected chi connectivity index (χ1v) is 6.28. The predicted octanol–water partition coefficient (Wildman–Crippen LogP) is 0.700. The number of carbonyl (C=O) groups is 2. The monoisotopic (exact) mass is 258 g/mol. The van der Waals surface area contributed by atoms with Gasteiger partial charge in [0.25, 0.3) is 0 Å². The minimum absolute atomic E-state index is 0.0107. The van der Waals surface area contributed by atoms with Crippen LogP contribution in [0.5, 0.6) is 0 Å². The van der Waals surface area contributed by atoms with Crippen LogP contribution in [0.1, 0.15) is 39.5 Å². The van der Waals surface area contributed by atoms with Crippen LogP contribution in [0.15, 0.2) is 0 Å². The highest BCUT2D eigenvalue weighted by molar-refractivity contribution is 5.75. The van der Waals surface area contributed by atoms with Gasteiger partial charge in [-0.05, 0) is 18.3 Å². The Balaban J connectivity index is 2.24. The molecule has 1 rings (SSSR count). The van der Waals surface area contributed by atoms with E-state index in [1.165, 1.54) is 0 Å². The summed E-state index contributed by atoms with van der Waals surface area (Å²) < 4.78 is 0. The van der Waals surface area contributed by atoms with Crippen LogP contribution in [-0.2, 0) is 4.79 Å². The Morgan fingerprint density at radius 3 is 2.61 bits per heavy atom. The molecule has 6 nitrogen and oxygen atoms in total.